The van der Waals surface area contributed by atoms with E-state index in [1.54, 1.807) is 0 Å². The van der Waals surface area contributed by atoms with Crippen molar-refractivity contribution in [2.24, 2.45) is 0 Å². The van der Waals surface area contributed by atoms with Gasteiger partial charge in [0.1, 0.15) is 0 Å². The Balaban J connectivity index is 1.38. The van der Waals surface area contributed by atoms with Crippen molar-refractivity contribution in [1.82, 2.24) is 4.90 Å². The van der Waals surface area contributed by atoms with Crippen LogP contribution in [0.2, 0.25) is 0 Å². The van der Waals surface area contributed by atoms with E-state index in [1.165, 1.54) is 32.1 Å². The van der Waals surface area contributed by atoms with E-state index in [0.29, 0.717) is 25.8 Å². The van der Waals surface area contributed by atoms with Gasteiger partial charge in [-0.15, -0.1) is 0 Å². The molecule has 0 amide bonds. The van der Waals surface area contributed by atoms with E-state index in [1.807, 2.05) is 18.2 Å². The maximum atomic E-state index is 10.2. The first-order chi connectivity index (χ1) is 11.2. The third-order valence-corrected chi connectivity index (χ3v) is 4.71. The van der Waals surface area contributed by atoms with E-state index in [-0.39, 0.29) is 6.79 Å². The molecule has 1 aromatic rings. The fraction of sp³-hybridized carbons (Fsp3) is 0.667. The lowest BCUT2D eigenvalue weighted by Crippen LogP contribution is -2.40. The van der Waals surface area contributed by atoms with Crippen molar-refractivity contribution < 1.29 is 19.3 Å². The first kappa shape index (κ1) is 16.6. The van der Waals surface area contributed by atoms with Crippen LogP contribution in [-0.2, 0) is 11.3 Å². The summed E-state index contributed by atoms with van der Waals surface area (Å²) < 4.78 is 16.3. The molecule has 1 N–H and O–H groups in total. The summed E-state index contributed by atoms with van der Waals surface area (Å²) >= 11 is 0. The Bertz CT molecular complexity index is 502. The summed E-state index contributed by atoms with van der Waals surface area (Å²) in [6.45, 7) is 1.78. The van der Waals surface area contributed by atoms with Crippen LogP contribution in [-0.4, -0.2) is 49.1 Å². The van der Waals surface area contributed by atoms with Gasteiger partial charge in [0.15, 0.2) is 11.5 Å². The minimum atomic E-state index is -0.448. The van der Waals surface area contributed by atoms with Crippen molar-refractivity contribution in [1.29, 1.82) is 0 Å². The topological polar surface area (TPSA) is 51.2 Å². The number of hydrogen-bond donors (Lipinski definition) is 1. The number of hydrogen-bond acceptors (Lipinski definition) is 5. The number of aliphatic hydroxyl groups is 1. The van der Waals surface area contributed by atoms with E-state index < -0.39 is 6.10 Å². The van der Waals surface area contributed by atoms with Crippen molar-refractivity contribution in [3.63, 3.8) is 0 Å². The molecule has 0 bridgehead atoms. The summed E-state index contributed by atoms with van der Waals surface area (Å²) in [6, 6.07) is 6.41. The number of ether oxygens (including phenoxy) is 3. The van der Waals surface area contributed by atoms with Crippen LogP contribution in [0.15, 0.2) is 18.2 Å². The molecule has 0 unspecified atom stereocenters. The van der Waals surface area contributed by atoms with Gasteiger partial charge in [-0.1, -0.05) is 25.3 Å². The molecule has 1 fully saturated rings. The Hall–Kier alpha value is -1.30. The van der Waals surface area contributed by atoms with E-state index in [4.69, 9.17) is 14.2 Å². The molecule has 0 radical (unpaired) electrons. The summed E-state index contributed by atoms with van der Waals surface area (Å²) in [5, 5.41) is 10.2. The average Bonchev–Trinajstić information content (AvgIpc) is 3.03. The summed E-state index contributed by atoms with van der Waals surface area (Å²) in [4.78, 5) is 2.29. The normalized spacial score (nSPS) is 19.3. The Morgan fingerprint density at radius 3 is 2.83 bits per heavy atom. The molecule has 5 nitrogen and oxygen atoms in total. The van der Waals surface area contributed by atoms with Gasteiger partial charge >= 0.3 is 0 Å². The van der Waals surface area contributed by atoms with Crippen LogP contribution in [0, 0.1) is 0 Å². The van der Waals surface area contributed by atoms with Crippen LogP contribution in [0.3, 0.4) is 0 Å². The predicted molar refractivity (Wildman–Crippen MR) is 87.7 cm³/mol. The van der Waals surface area contributed by atoms with E-state index >= 15 is 0 Å². The summed E-state index contributed by atoms with van der Waals surface area (Å²) in [5.41, 5.74) is 1.03. The zero-order chi connectivity index (χ0) is 16.1. The van der Waals surface area contributed by atoms with Crippen molar-refractivity contribution in [3.05, 3.63) is 23.8 Å². The van der Waals surface area contributed by atoms with Crippen molar-refractivity contribution in [2.75, 3.05) is 27.0 Å². The second kappa shape index (κ2) is 7.99. The number of aliphatic hydroxyl groups excluding tert-OH is 1. The molecule has 2 aliphatic rings. The van der Waals surface area contributed by atoms with Crippen LogP contribution in [0.25, 0.3) is 0 Å². The lowest BCUT2D eigenvalue weighted by atomic mass is 9.94. The molecule has 5 heteroatoms. The maximum absolute atomic E-state index is 10.2. The number of likely N-dealkylation sites (N-methyl/N-ethyl adjacent to an activating group) is 1. The van der Waals surface area contributed by atoms with Crippen LogP contribution >= 0.6 is 0 Å². The van der Waals surface area contributed by atoms with Gasteiger partial charge in [-0.05, 0) is 37.6 Å². The standard InChI is InChI=1S/C18H27NO4/c1-19(15-5-3-2-4-6-15)10-16(20)12-21-11-14-7-8-17-18(9-14)23-13-22-17/h7-9,15-16,20H,2-6,10-13H2,1H3/t16-/m1/s1. The first-order valence-corrected chi connectivity index (χ1v) is 8.57. The highest BCUT2D eigenvalue weighted by Gasteiger charge is 2.20. The van der Waals surface area contributed by atoms with Crippen LogP contribution in [0.5, 0.6) is 11.5 Å². The molecule has 1 heterocycles. The van der Waals surface area contributed by atoms with Crippen molar-refractivity contribution in [3.8, 4) is 11.5 Å². The lowest BCUT2D eigenvalue weighted by molar-refractivity contribution is 0.00486. The molecule has 0 aromatic heterocycles. The Morgan fingerprint density at radius 1 is 1.22 bits per heavy atom. The fourth-order valence-electron chi connectivity index (χ4n) is 3.40. The molecular formula is C18H27NO4. The largest absolute Gasteiger partial charge is 0.454 e. The number of rotatable bonds is 7. The van der Waals surface area contributed by atoms with Gasteiger partial charge in [0.25, 0.3) is 0 Å². The molecule has 128 valence electrons. The third-order valence-electron chi connectivity index (χ3n) is 4.71. The number of benzene rings is 1. The highest BCUT2D eigenvalue weighted by Crippen LogP contribution is 2.32. The van der Waals surface area contributed by atoms with Crippen molar-refractivity contribution in [2.45, 2.75) is 50.9 Å². The molecule has 1 saturated carbocycles. The second-order valence-electron chi connectivity index (χ2n) is 6.59. The summed E-state index contributed by atoms with van der Waals surface area (Å²) in [7, 11) is 2.11. The van der Waals surface area contributed by atoms with Crippen LogP contribution in [0.4, 0.5) is 0 Å². The monoisotopic (exact) mass is 321 g/mol. The minimum absolute atomic E-state index is 0.284. The van der Waals surface area contributed by atoms with E-state index in [0.717, 1.165) is 17.1 Å². The Morgan fingerprint density at radius 2 is 2.00 bits per heavy atom. The minimum Gasteiger partial charge on any atom is -0.454 e. The van der Waals surface area contributed by atoms with Gasteiger partial charge in [-0.2, -0.15) is 0 Å². The zero-order valence-electron chi connectivity index (χ0n) is 13.9. The molecular weight excluding hydrogens is 294 g/mol. The molecule has 1 aliphatic carbocycles. The molecule has 1 atom stereocenters. The Kier molecular flexibility index (Phi) is 5.75. The van der Waals surface area contributed by atoms with Gasteiger partial charge in [-0.25, -0.2) is 0 Å². The number of fused-ring (bicyclic) bond motifs is 1. The molecule has 0 saturated heterocycles. The average molecular weight is 321 g/mol. The van der Waals surface area contributed by atoms with Gasteiger partial charge < -0.3 is 24.2 Å². The first-order valence-electron chi connectivity index (χ1n) is 8.57. The SMILES string of the molecule is CN(C[C@@H](O)COCc1ccc2c(c1)OCO2)C1CCCCC1. The molecule has 1 aliphatic heterocycles. The molecule has 23 heavy (non-hydrogen) atoms. The highest BCUT2D eigenvalue weighted by atomic mass is 16.7. The quantitative estimate of drug-likeness (QED) is 0.836. The Labute approximate surface area is 138 Å². The highest BCUT2D eigenvalue weighted by molar-refractivity contribution is 5.44. The lowest BCUT2D eigenvalue weighted by Gasteiger charge is -2.32. The van der Waals surface area contributed by atoms with E-state index in [9.17, 15) is 5.11 Å². The molecule has 3 rings (SSSR count). The summed E-state index contributed by atoms with van der Waals surface area (Å²) in [5.74, 6) is 1.55. The van der Waals surface area contributed by atoms with Crippen LogP contribution < -0.4 is 9.47 Å². The smallest absolute Gasteiger partial charge is 0.231 e. The van der Waals surface area contributed by atoms with Gasteiger partial charge in [0.2, 0.25) is 6.79 Å². The number of nitrogens with zero attached hydrogens (tertiary/aromatic N) is 1. The predicted octanol–water partition coefficient (Wildman–Crippen LogP) is 2.56. The summed E-state index contributed by atoms with van der Waals surface area (Å²) in [6.07, 6.45) is 6.03. The fourth-order valence-corrected chi connectivity index (χ4v) is 3.40. The third kappa shape index (κ3) is 4.59. The van der Waals surface area contributed by atoms with Gasteiger partial charge in [0.05, 0.1) is 19.3 Å². The van der Waals surface area contributed by atoms with Crippen molar-refractivity contribution >= 4 is 0 Å². The zero-order valence-corrected chi connectivity index (χ0v) is 13.9. The van der Waals surface area contributed by atoms with Gasteiger partial charge in [-0.3, -0.25) is 0 Å². The second-order valence-corrected chi connectivity index (χ2v) is 6.59. The molecule has 1 aromatic carbocycles. The van der Waals surface area contributed by atoms with Crippen LogP contribution in [0.1, 0.15) is 37.7 Å². The maximum Gasteiger partial charge on any atom is 0.231 e. The molecule has 0 spiro atoms. The van der Waals surface area contributed by atoms with E-state index in [2.05, 4.69) is 11.9 Å². The van der Waals surface area contributed by atoms with Gasteiger partial charge in [0, 0.05) is 12.6 Å².